The molecule has 0 unspecified atom stereocenters. The van der Waals surface area contributed by atoms with Crippen molar-refractivity contribution >= 4 is 17.2 Å². The number of rotatable bonds is 2. The van der Waals surface area contributed by atoms with Crippen LogP contribution < -0.4 is 0 Å². The summed E-state index contributed by atoms with van der Waals surface area (Å²) in [6, 6.07) is 0.0996. The first kappa shape index (κ1) is 12.8. The monoisotopic (exact) mass is 233 g/mol. The fourth-order valence-corrected chi connectivity index (χ4v) is 2.50. The van der Waals surface area contributed by atoms with Gasteiger partial charge in [-0.15, -0.1) is 0 Å². The minimum Gasteiger partial charge on any atom is -0.451 e. The van der Waals surface area contributed by atoms with Gasteiger partial charge in [-0.2, -0.15) is 0 Å². The molecule has 0 amide bonds. The number of carbonyl (C=O) groups excluding carboxylic acids is 1. The number of carbonyl (C=O) groups is 1. The maximum Gasteiger partial charge on any atom is 0.383 e. The molecule has 1 N–H and O–H groups in total. The van der Waals surface area contributed by atoms with Crippen molar-refractivity contribution in [3.05, 3.63) is 0 Å². The molecule has 1 aliphatic rings. The van der Waals surface area contributed by atoms with Crippen LogP contribution in [0.5, 0.6) is 0 Å². The van der Waals surface area contributed by atoms with Gasteiger partial charge in [-0.05, 0) is 33.6 Å². The van der Waals surface area contributed by atoms with Crippen LogP contribution in [0.1, 0.15) is 33.6 Å². The third-order valence-corrected chi connectivity index (χ3v) is 3.06. The largest absolute Gasteiger partial charge is 0.451 e. The Balaban J connectivity index is 2.37. The zero-order valence-electron chi connectivity index (χ0n) is 9.52. The van der Waals surface area contributed by atoms with E-state index in [1.807, 2.05) is 25.1 Å². The number of nitrogens with zero attached hydrogens (tertiary/aromatic N) is 1. The van der Waals surface area contributed by atoms with E-state index in [1.54, 1.807) is 0 Å². The van der Waals surface area contributed by atoms with E-state index in [-0.39, 0.29) is 18.0 Å². The Morgan fingerprint density at radius 3 is 2.80 bits per heavy atom. The minimum atomic E-state index is -0.446. The highest BCUT2D eigenvalue weighted by atomic mass is 32.2. The predicted molar refractivity (Wildman–Crippen MR) is 60.6 cm³/mol. The molecule has 0 aliphatic carbocycles. The number of aliphatic hydroxyl groups is 1. The molecule has 0 saturated carbocycles. The molecule has 0 aromatic rings. The molecule has 0 bridgehead atoms. The van der Waals surface area contributed by atoms with Crippen LogP contribution >= 0.6 is 11.9 Å². The summed E-state index contributed by atoms with van der Waals surface area (Å²) in [7, 11) is 0. The Bertz CT molecular complexity index is 227. The molecule has 0 spiro atoms. The van der Waals surface area contributed by atoms with Gasteiger partial charge in [0.05, 0.1) is 6.61 Å². The number of hydrogen-bond acceptors (Lipinski definition) is 5. The van der Waals surface area contributed by atoms with E-state index in [9.17, 15) is 4.79 Å². The predicted octanol–water partition coefficient (Wildman–Crippen LogP) is 2.03. The van der Waals surface area contributed by atoms with Crippen LogP contribution in [0, 0.1) is 0 Å². The lowest BCUT2D eigenvalue weighted by Crippen LogP contribution is -2.29. The van der Waals surface area contributed by atoms with Crippen molar-refractivity contribution < 1.29 is 14.6 Å². The fourth-order valence-electron chi connectivity index (χ4n) is 1.48. The third-order valence-electron chi connectivity index (χ3n) is 2.12. The zero-order valence-corrected chi connectivity index (χ0v) is 10.3. The zero-order chi connectivity index (χ0) is 11.5. The van der Waals surface area contributed by atoms with Crippen LogP contribution in [0.2, 0.25) is 0 Å². The number of aliphatic hydroxyl groups excluding tert-OH is 1. The van der Waals surface area contributed by atoms with Crippen molar-refractivity contribution in [3.8, 4) is 0 Å². The molecule has 1 heterocycles. The molecule has 0 aromatic carbocycles. The van der Waals surface area contributed by atoms with Crippen molar-refractivity contribution in [2.75, 3.05) is 13.2 Å². The molecule has 0 aromatic heterocycles. The topological polar surface area (TPSA) is 49.8 Å². The fraction of sp³-hybridized carbons (Fsp3) is 0.900. The summed E-state index contributed by atoms with van der Waals surface area (Å²) in [6.07, 6.45) is 1.98. The lowest BCUT2D eigenvalue weighted by molar-refractivity contribution is 0.0729. The molecule has 1 fully saturated rings. The summed E-state index contributed by atoms with van der Waals surface area (Å²) in [5.74, 6) is 0. The minimum absolute atomic E-state index is 0.0996. The molecule has 15 heavy (non-hydrogen) atoms. The summed E-state index contributed by atoms with van der Waals surface area (Å²) >= 11 is 1.08. The lowest BCUT2D eigenvalue weighted by atomic mass is 10.2. The normalized spacial score (nSPS) is 23.1. The van der Waals surface area contributed by atoms with Gasteiger partial charge in [0, 0.05) is 24.5 Å². The van der Waals surface area contributed by atoms with Crippen molar-refractivity contribution in [1.82, 2.24) is 4.31 Å². The van der Waals surface area contributed by atoms with Crippen molar-refractivity contribution in [2.45, 2.75) is 45.3 Å². The van der Waals surface area contributed by atoms with Crippen LogP contribution in [0.4, 0.5) is 4.79 Å². The average molecular weight is 233 g/mol. The average Bonchev–Trinajstić information content (AvgIpc) is 2.48. The van der Waals surface area contributed by atoms with E-state index in [1.165, 1.54) is 0 Å². The van der Waals surface area contributed by atoms with E-state index in [4.69, 9.17) is 9.84 Å². The Kier molecular flexibility index (Phi) is 4.43. The quantitative estimate of drug-likeness (QED) is 0.584. The van der Waals surface area contributed by atoms with Gasteiger partial charge >= 0.3 is 5.30 Å². The first-order chi connectivity index (χ1) is 6.92. The van der Waals surface area contributed by atoms with Crippen LogP contribution in [0.25, 0.3) is 0 Å². The highest BCUT2D eigenvalue weighted by molar-refractivity contribution is 8.11. The van der Waals surface area contributed by atoms with Crippen molar-refractivity contribution in [3.63, 3.8) is 0 Å². The Morgan fingerprint density at radius 2 is 2.27 bits per heavy atom. The first-order valence-electron chi connectivity index (χ1n) is 5.21. The summed E-state index contributed by atoms with van der Waals surface area (Å²) in [6.45, 7) is 6.49. The number of ether oxygens (including phenoxy) is 1. The van der Waals surface area contributed by atoms with E-state index in [2.05, 4.69) is 0 Å². The van der Waals surface area contributed by atoms with Gasteiger partial charge in [-0.3, -0.25) is 0 Å². The molecule has 1 atom stereocenters. The summed E-state index contributed by atoms with van der Waals surface area (Å²) in [5, 5.41) is 8.79. The third kappa shape index (κ3) is 4.40. The highest BCUT2D eigenvalue weighted by Gasteiger charge is 2.28. The summed E-state index contributed by atoms with van der Waals surface area (Å²) in [4.78, 5) is 11.5. The maximum atomic E-state index is 11.5. The van der Waals surface area contributed by atoms with Crippen molar-refractivity contribution in [1.29, 1.82) is 0 Å². The van der Waals surface area contributed by atoms with Crippen molar-refractivity contribution in [2.24, 2.45) is 0 Å². The van der Waals surface area contributed by atoms with E-state index < -0.39 is 5.60 Å². The van der Waals surface area contributed by atoms with Crippen LogP contribution in [-0.2, 0) is 4.74 Å². The molecule has 1 saturated heterocycles. The molecule has 1 aliphatic heterocycles. The van der Waals surface area contributed by atoms with Gasteiger partial charge < -0.3 is 9.84 Å². The molecular formula is C10H19NO3S. The van der Waals surface area contributed by atoms with Gasteiger partial charge in [0.25, 0.3) is 0 Å². The standard InChI is InChI=1S/C10H19NO3S/c1-10(2,3)14-9(13)15-11-6-4-5-8(11)7-12/h8,12H,4-7H2,1-3H3/t8-/m0/s1. The van der Waals surface area contributed by atoms with E-state index in [0.717, 1.165) is 31.3 Å². The highest BCUT2D eigenvalue weighted by Crippen LogP contribution is 2.27. The van der Waals surface area contributed by atoms with Gasteiger partial charge in [-0.25, -0.2) is 9.10 Å². The molecule has 4 nitrogen and oxygen atoms in total. The Morgan fingerprint density at radius 1 is 1.60 bits per heavy atom. The molecule has 1 rings (SSSR count). The van der Waals surface area contributed by atoms with Crippen LogP contribution in [0.15, 0.2) is 0 Å². The summed E-state index contributed by atoms with van der Waals surface area (Å²) < 4.78 is 7.10. The van der Waals surface area contributed by atoms with E-state index >= 15 is 0 Å². The van der Waals surface area contributed by atoms with Crippen LogP contribution in [0.3, 0.4) is 0 Å². The van der Waals surface area contributed by atoms with Crippen LogP contribution in [-0.4, -0.2) is 39.5 Å². The Labute approximate surface area is 95.1 Å². The molecule has 88 valence electrons. The SMILES string of the molecule is CC(C)(C)OC(=O)SN1CCC[C@H]1CO. The summed E-state index contributed by atoms with van der Waals surface area (Å²) in [5.41, 5.74) is -0.446. The second-order valence-corrected chi connectivity index (χ2v) is 5.66. The van der Waals surface area contributed by atoms with E-state index in [0.29, 0.717) is 0 Å². The molecular weight excluding hydrogens is 214 g/mol. The lowest BCUT2D eigenvalue weighted by Gasteiger charge is -2.23. The number of hydrogen-bond donors (Lipinski definition) is 1. The van der Waals surface area contributed by atoms with Gasteiger partial charge in [0.15, 0.2) is 0 Å². The second kappa shape index (κ2) is 5.18. The van der Waals surface area contributed by atoms with Gasteiger partial charge in [0.1, 0.15) is 5.60 Å². The first-order valence-corrected chi connectivity index (χ1v) is 5.98. The maximum absolute atomic E-state index is 11.5. The van der Waals surface area contributed by atoms with Gasteiger partial charge in [0.2, 0.25) is 0 Å². The molecule has 0 radical (unpaired) electrons. The molecule has 5 heteroatoms. The van der Waals surface area contributed by atoms with Gasteiger partial charge in [-0.1, -0.05) is 0 Å². The smallest absolute Gasteiger partial charge is 0.383 e. The second-order valence-electron chi connectivity index (χ2n) is 4.68. The Hall–Kier alpha value is -0.260.